The number of allylic oxidation sites excluding steroid dienone is 1. The van der Waals surface area contributed by atoms with Crippen LogP contribution in [0.15, 0.2) is 11.1 Å². The molecule has 3 aliphatic rings. The largest absolute Gasteiger partial charge is 0.342 e. The SMILES string of the molecule is O=C(CCC1CCCC1)N1CCC(=C2CC2)CC1. The molecule has 0 aromatic carbocycles. The van der Waals surface area contributed by atoms with Gasteiger partial charge in [-0.3, -0.25) is 4.79 Å². The molecule has 1 aliphatic heterocycles. The molecule has 0 N–H and O–H groups in total. The molecule has 1 saturated heterocycles. The highest BCUT2D eigenvalue weighted by molar-refractivity contribution is 5.76. The second kappa shape index (κ2) is 5.46. The summed E-state index contributed by atoms with van der Waals surface area (Å²) in [5.74, 6) is 1.27. The Balaban J connectivity index is 1.41. The molecular formula is C16H25NO. The van der Waals surface area contributed by atoms with E-state index in [0.29, 0.717) is 5.91 Å². The van der Waals surface area contributed by atoms with Gasteiger partial charge in [-0.15, -0.1) is 0 Å². The first kappa shape index (κ1) is 12.3. The zero-order valence-corrected chi connectivity index (χ0v) is 11.4. The van der Waals surface area contributed by atoms with Gasteiger partial charge in [0.25, 0.3) is 0 Å². The van der Waals surface area contributed by atoms with E-state index in [4.69, 9.17) is 0 Å². The van der Waals surface area contributed by atoms with Crippen LogP contribution in [0.25, 0.3) is 0 Å². The fourth-order valence-corrected chi connectivity index (χ4v) is 3.58. The van der Waals surface area contributed by atoms with Gasteiger partial charge in [0.2, 0.25) is 5.91 Å². The minimum atomic E-state index is 0.418. The Kier molecular flexibility index (Phi) is 3.72. The van der Waals surface area contributed by atoms with Gasteiger partial charge in [-0.05, 0) is 38.0 Å². The number of likely N-dealkylation sites (tertiary alicyclic amines) is 1. The molecule has 0 aromatic heterocycles. The minimum Gasteiger partial charge on any atom is -0.342 e. The van der Waals surface area contributed by atoms with Crippen LogP contribution in [0.4, 0.5) is 0 Å². The predicted octanol–water partition coefficient (Wildman–Crippen LogP) is 3.67. The zero-order chi connectivity index (χ0) is 12.4. The first-order valence-electron chi connectivity index (χ1n) is 7.80. The van der Waals surface area contributed by atoms with E-state index in [9.17, 15) is 4.79 Å². The van der Waals surface area contributed by atoms with Crippen LogP contribution < -0.4 is 0 Å². The lowest BCUT2D eigenvalue weighted by molar-refractivity contribution is -0.131. The van der Waals surface area contributed by atoms with Crippen molar-refractivity contribution in [2.45, 2.75) is 64.2 Å². The van der Waals surface area contributed by atoms with Crippen LogP contribution in [0.3, 0.4) is 0 Å². The normalized spacial score (nSPS) is 24.8. The highest BCUT2D eigenvalue weighted by atomic mass is 16.2. The van der Waals surface area contributed by atoms with Crippen molar-refractivity contribution < 1.29 is 4.79 Å². The monoisotopic (exact) mass is 247 g/mol. The molecule has 18 heavy (non-hydrogen) atoms. The third kappa shape index (κ3) is 2.96. The number of rotatable bonds is 3. The molecule has 2 aliphatic carbocycles. The summed E-state index contributed by atoms with van der Waals surface area (Å²) in [6.07, 6.45) is 12.4. The van der Waals surface area contributed by atoms with Gasteiger partial charge in [-0.2, -0.15) is 0 Å². The molecule has 2 heteroatoms. The van der Waals surface area contributed by atoms with Crippen molar-refractivity contribution in [3.05, 3.63) is 11.1 Å². The van der Waals surface area contributed by atoms with Crippen molar-refractivity contribution in [3.8, 4) is 0 Å². The number of carbonyl (C=O) groups is 1. The average molecular weight is 247 g/mol. The van der Waals surface area contributed by atoms with Crippen molar-refractivity contribution in [2.24, 2.45) is 5.92 Å². The van der Waals surface area contributed by atoms with E-state index in [0.717, 1.165) is 44.7 Å². The third-order valence-corrected chi connectivity index (χ3v) is 4.96. The summed E-state index contributed by atoms with van der Waals surface area (Å²) in [5.41, 5.74) is 3.38. The summed E-state index contributed by atoms with van der Waals surface area (Å²) in [6, 6.07) is 0. The van der Waals surface area contributed by atoms with Crippen LogP contribution in [-0.2, 0) is 4.79 Å². The lowest BCUT2D eigenvalue weighted by Crippen LogP contribution is -2.36. The van der Waals surface area contributed by atoms with E-state index in [1.54, 1.807) is 11.1 Å². The van der Waals surface area contributed by atoms with E-state index < -0.39 is 0 Å². The molecule has 1 heterocycles. The van der Waals surface area contributed by atoms with Gasteiger partial charge in [0.05, 0.1) is 0 Å². The highest BCUT2D eigenvalue weighted by Crippen LogP contribution is 2.36. The van der Waals surface area contributed by atoms with E-state index in [2.05, 4.69) is 4.90 Å². The molecule has 100 valence electrons. The summed E-state index contributed by atoms with van der Waals surface area (Å²) < 4.78 is 0. The van der Waals surface area contributed by atoms with Crippen molar-refractivity contribution in [1.29, 1.82) is 0 Å². The third-order valence-electron chi connectivity index (χ3n) is 4.96. The number of amides is 1. The smallest absolute Gasteiger partial charge is 0.222 e. The van der Waals surface area contributed by atoms with E-state index in [-0.39, 0.29) is 0 Å². The lowest BCUT2D eigenvalue weighted by atomic mass is 9.99. The first-order valence-corrected chi connectivity index (χ1v) is 7.80. The van der Waals surface area contributed by atoms with Crippen LogP contribution in [-0.4, -0.2) is 23.9 Å². The maximum absolute atomic E-state index is 12.2. The molecule has 3 rings (SSSR count). The molecule has 0 atom stereocenters. The maximum Gasteiger partial charge on any atom is 0.222 e. The van der Waals surface area contributed by atoms with Gasteiger partial charge >= 0.3 is 0 Å². The minimum absolute atomic E-state index is 0.418. The summed E-state index contributed by atoms with van der Waals surface area (Å²) in [5, 5.41) is 0. The second-order valence-corrected chi connectivity index (χ2v) is 6.28. The number of carbonyl (C=O) groups excluding carboxylic acids is 1. The van der Waals surface area contributed by atoms with Gasteiger partial charge in [0.1, 0.15) is 0 Å². The molecule has 1 amide bonds. The van der Waals surface area contributed by atoms with Crippen molar-refractivity contribution in [1.82, 2.24) is 4.90 Å². The van der Waals surface area contributed by atoms with Crippen LogP contribution in [0.2, 0.25) is 0 Å². The fraction of sp³-hybridized carbons (Fsp3) is 0.812. The summed E-state index contributed by atoms with van der Waals surface area (Å²) in [6.45, 7) is 1.98. The molecule has 0 spiro atoms. The van der Waals surface area contributed by atoms with Crippen LogP contribution in [0, 0.1) is 5.92 Å². The van der Waals surface area contributed by atoms with Gasteiger partial charge in [0, 0.05) is 19.5 Å². The second-order valence-electron chi connectivity index (χ2n) is 6.28. The van der Waals surface area contributed by atoms with E-state index >= 15 is 0 Å². The van der Waals surface area contributed by atoms with E-state index in [1.165, 1.54) is 38.5 Å². The van der Waals surface area contributed by atoms with Crippen molar-refractivity contribution in [2.75, 3.05) is 13.1 Å². The zero-order valence-electron chi connectivity index (χ0n) is 11.4. The first-order chi connectivity index (χ1) is 8.83. The van der Waals surface area contributed by atoms with Crippen molar-refractivity contribution in [3.63, 3.8) is 0 Å². The average Bonchev–Trinajstić information content (AvgIpc) is 3.13. The quantitative estimate of drug-likeness (QED) is 0.697. The predicted molar refractivity (Wildman–Crippen MR) is 73.3 cm³/mol. The van der Waals surface area contributed by atoms with Gasteiger partial charge in [0.15, 0.2) is 0 Å². The maximum atomic E-state index is 12.2. The highest BCUT2D eigenvalue weighted by Gasteiger charge is 2.25. The topological polar surface area (TPSA) is 20.3 Å². The molecule has 0 aromatic rings. The fourth-order valence-electron chi connectivity index (χ4n) is 3.58. The van der Waals surface area contributed by atoms with Crippen LogP contribution in [0.5, 0.6) is 0 Å². The van der Waals surface area contributed by atoms with Crippen LogP contribution in [0.1, 0.15) is 64.2 Å². The van der Waals surface area contributed by atoms with Gasteiger partial charge in [-0.25, -0.2) is 0 Å². The molecule has 0 bridgehead atoms. The Morgan fingerprint density at radius 3 is 2.22 bits per heavy atom. The summed E-state index contributed by atoms with van der Waals surface area (Å²) >= 11 is 0. The lowest BCUT2D eigenvalue weighted by Gasteiger charge is -2.29. The van der Waals surface area contributed by atoms with Crippen LogP contribution >= 0.6 is 0 Å². The summed E-state index contributed by atoms with van der Waals surface area (Å²) in [4.78, 5) is 14.3. The number of nitrogens with zero attached hydrogens (tertiary/aromatic N) is 1. The Hall–Kier alpha value is -0.790. The number of hydrogen-bond acceptors (Lipinski definition) is 1. The molecule has 0 unspecified atom stereocenters. The van der Waals surface area contributed by atoms with Gasteiger partial charge < -0.3 is 4.90 Å². The molecule has 2 nitrogen and oxygen atoms in total. The molecular weight excluding hydrogens is 222 g/mol. The number of piperidine rings is 1. The standard InChI is InChI=1S/C16H25NO/c18-16(8-5-13-3-1-2-4-13)17-11-9-15(10-12-17)14-6-7-14/h13H,1-12H2. The van der Waals surface area contributed by atoms with Gasteiger partial charge in [-0.1, -0.05) is 36.8 Å². The Morgan fingerprint density at radius 2 is 1.61 bits per heavy atom. The Bertz CT molecular complexity index is 336. The molecule has 0 radical (unpaired) electrons. The Labute approximate surface area is 110 Å². The van der Waals surface area contributed by atoms with Crippen molar-refractivity contribution >= 4 is 5.91 Å². The molecule has 3 fully saturated rings. The Morgan fingerprint density at radius 1 is 1.00 bits per heavy atom. The van der Waals surface area contributed by atoms with E-state index in [1.807, 2.05) is 0 Å². The molecule has 2 saturated carbocycles. The number of hydrogen-bond donors (Lipinski definition) is 0. The summed E-state index contributed by atoms with van der Waals surface area (Å²) in [7, 11) is 0.